The third-order valence-electron chi connectivity index (χ3n) is 7.02. The number of benzene rings is 3. The van der Waals surface area contributed by atoms with Crippen molar-refractivity contribution in [3.8, 4) is 16.9 Å². The van der Waals surface area contributed by atoms with Crippen LogP contribution in [0.5, 0.6) is 5.75 Å². The lowest BCUT2D eigenvalue weighted by Crippen LogP contribution is -2.44. The molecule has 0 unspecified atom stereocenters. The number of rotatable bonds is 7. The molecular formula is C28H28FNO3. The Bertz CT molecular complexity index is 1190. The highest BCUT2D eigenvalue weighted by Gasteiger charge is 2.39. The van der Waals surface area contributed by atoms with Crippen molar-refractivity contribution in [1.29, 1.82) is 0 Å². The molecule has 0 atom stereocenters. The maximum absolute atomic E-state index is 14.1. The Labute approximate surface area is 193 Å². The molecule has 1 heterocycles. The van der Waals surface area contributed by atoms with Crippen LogP contribution in [0.3, 0.4) is 0 Å². The number of fused-ring (bicyclic) bond motifs is 1. The summed E-state index contributed by atoms with van der Waals surface area (Å²) in [6.45, 7) is 4.34. The predicted octanol–water partition coefficient (Wildman–Crippen LogP) is 5.60. The molecule has 0 saturated heterocycles. The molecule has 0 radical (unpaired) electrons. The molecule has 170 valence electrons. The van der Waals surface area contributed by atoms with Gasteiger partial charge in [0, 0.05) is 31.1 Å². The van der Waals surface area contributed by atoms with E-state index in [1.165, 1.54) is 17.2 Å². The Hall–Kier alpha value is -3.18. The van der Waals surface area contributed by atoms with Gasteiger partial charge in [-0.2, -0.15) is 0 Å². The van der Waals surface area contributed by atoms with Gasteiger partial charge < -0.3 is 9.84 Å². The van der Waals surface area contributed by atoms with E-state index in [-0.39, 0.29) is 11.7 Å². The van der Waals surface area contributed by atoms with Gasteiger partial charge in [-0.1, -0.05) is 42.5 Å². The molecule has 3 aromatic rings. The fraction of sp³-hybridized carbons (Fsp3) is 0.321. The molecule has 4 nitrogen and oxygen atoms in total. The second kappa shape index (κ2) is 8.99. The lowest BCUT2D eigenvalue weighted by Gasteiger charge is -2.39. The Kier molecular flexibility index (Phi) is 5.90. The summed E-state index contributed by atoms with van der Waals surface area (Å²) in [5, 5.41) is 9.11. The minimum Gasteiger partial charge on any atom is -0.493 e. The van der Waals surface area contributed by atoms with E-state index in [9.17, 15) is 9.18 Å². The van der Waals surface area contributed by atoms with Crippen LogP contribution >= 0.6 is 0 Å². The van der Waals surface area contributed by atoms with Gasteiger partial charge in [0.2, 0.25) is 0 Å². The Morgan fingerprint density at radius 3 is 2.58 bits per heavy atom. The van der Waals surface area contributed by atoms with Crippen LogP contribution in [-0.4, -0.2) is 28.6 Å². The zero-order valence-electron chi connectivity index (χ0n) is 18.8. The van der Waals surface area contributed by atoms with E-state index in [0.717, 1.165) is 54.8 Å². The summed E-state index contributed by atoms with van der Waals surface area (Å²) in [6, 6.07) is 19.6. The van der Waals surface area contributed by atoms with Crippen LogP contribution in [0.1, 0.15) is 35.1 Å². The van der Waals surface area contributed by atoms with Crippen LogP contribution in [0, 0.1) is 18.7 Å². The van der Waals surface area contributed by atoms with Gasteiger partial charge >= 0.3 is 5.97 Å². The van der Waals surface area contributed by atoms with Crippen molar-refractivity contribution in [2.24, 2.45) is 5.92 Å². The van der Waals surface area contributed by atoms with Gasteiger partial charge in [-0.05, 0) is 65.8 Å². The van der Waals surface area contributed by atoms with E-state index in [2.05, 4.69) is 23.1 Å². The fourth-order valence-electron chi connectivity index (χ4n) is 4.98. The maximum Gasteiger partial charge on any atom is 0.306 e. The first-order chi connectivity index (χ1) is 16.0. The largest absolute Gasteiger partial charge is 0.493 e. The average Bonchev–Trinajstić information content (AvgIpc) is 3.16. The van der Waals surface area contributed by atoms with E-state index >= 15 is 0 Å². The molecule has 5 heteroatoms. The highest BCUT2D eigenvalue weighted by atomic mass is 19.1. The standard InChI is InChI=1S/C28H28FNO3/c1-18-12-19(6-9-25(18)26-4-2-3-5-27(26)29)10-11-33-24-8-7-20-16-30(17-22(20)15-24)23-13-21(14-23)28(31)32/h2-9,12,15,21,23H,10-11,13-14,16-17H2,1H3,(H,31,32). The smallest absolute Gasteiger partial charge is 0.306 e. The predicted molar refractivity (Wildman–Crippen MR) is 126 cm³/mol. The highest BCUT2D eigenvalue weighted by molar-refractivity contribution is 5.71. The normalized spacial score (nSPS) is 19.7. The number of aliphatic carboxylic acids is 1. The molecule has 5 rings (SSSR count). The van der Waals surface area contributed by atoms with Crippen molar-refractivity contribution in [2.45, 2.75) is 45.3 Å². The first-order valence-electron chi connectivity index (χ1n) is 11.5. The first kappa shape index (κ1) is 21.7. The van der Waals surface area contributed by atoms with Gasteiger partial charge in [-0.15, -0.1) is 0 Å². The van der Waals surface area contributed by atoms with E-state index in [4.69, 9.17) is 9.84 Å². The molecule has 0 bridgehead atoms. The van der Waals surface area contributed by atoms with E-state index in [1.54, 1.807) is 6.07 Å². The summed E-state index contributed by atoms with van der Waals surface area (Å²) in [7, 11) is 0. The van der Waals surface area contributed by atoms with E-state index in [1.807, 2.05) is 37.3 Å². The highest BCUT2D eigenvalue weighted by Crippen LogP contribution is 2.37. The quantitative estimate of drug-likeness (QED) is 0.514. The summed E-state index contributed by atoms with van der Waals surface area (Å²) in [6.07, 6.45) is 2.28. The number of hydrogen-bond acceptors (Lipinski definition) is 3. The summed E-state index contributed by atoms with van der Waals surface area (Å²) < 4.78 is 20.2. The molecule has 1 aliphatic carbocycles. The van der Waals surface area contributed by atoms with Gasteiger partial charge in [0.25, 0.3) is 0 Å². The SMILES string of the molecule is Cc1cc(CCOc2ccc3c(c2)CN(C2CC(C(=O)O)C2)C3)ccc1-c1ccccc1F. The zero-order valence-corrected chi connectivity index (χ0v) is 18.8. The van der Waals surface area contributed by atoms with Crippen LogP contribution in [0.15, 0.2) is 60.7 Å². The van der Waals surface area contributed by atoms with Crippen LogP contribution < -0.4 is 4.74 Å². The molecule has 0 aromatic heterocycles. The van der Waals surface area contributed by atoms with Crippen molar-refractivity contribution in [2.75, 3.05) is 6.61 Å². The van der Waals surface area contributed by atoms with Gasteiger partial charge in [0.05, 0.1) is 12.5 Å². The molecule has 0 spiro atoms. The number of ether oxygens (including phenoxy) is 1. The minimum absolute atomic E-state index is 0.179. The average molecular weight is 446 g/mol. The second-order valence-electron chi connectivity index (χ2n) is 9.22. The minimum atomic E-state index is -0.671. The van der Waals surface area contributed by atoms with Crippen molar-refractivity contribution in [3.05, 3.63) is 88.7 Å². The molecule has 0 amide bonds. The molecule has 1 fully saturated rings. The van der Waals surface area contributed by atoms with Crippen LogP contribution in [0.25, 0.3) is 11.1 Å². The number of aryl methyl sites for hydroxylation is 1. The van der Waals surface area contributed by atoms with Crippen LogP contribution in [0.2, 0.25) is 0 Å². The maximum atomic E-state index is 14.1. The summed E-state index contributed by atoms with van der Waals surface area (Å²) >= 11 is 0. The van der Waals surface area contributed by atoms with Gasteiger partial charge in [0.1, 0.15) is 11.6 Å². The molecule has 2 aliphatic rings. The molecule has 1 aliphatic heterocycles. The number of carbonyl (C=O) groups is 1. The molecule has 1 N–H and O–H groups in total. The number of hydrogen-bond donors (Lipinski definition) is 1. The monoisotopic (exact) mass is 445 g/mol. The van der Waals surface area contributed by atoms with Gasteiger partial charge in [0.15, 0.2) is 0 Å². The number of halogens is 1. The second-order valence-corrected chi connectivity index (χ2v) is 9.22. The third kappa shape index (κ3) is 4.51. The summed E-state index contributed by atoms with van der Waals surface area (Å²) in [5.74, 6) is -0.184. The Morgan fingerprint density at radius 1 is 1.03 bits per heavy atom. The first-order valence-corrected chi connectivity index (χ1v) is 11.5. The number of nitrogens with zero attached hydrogens (tertiary/aromatic N) is 1. The van der Waals surface area contributed by atoms with Gasteiger partial charge in [-0.3, -0.25) is 9.69 Å². The molecular weight excluding hydrogens is 417 g/mol. The van der Waals surface area contributed by atoms with Gasteiger partial charge in [-0.25, -0.2) is 4.39 Å². The Morgan fingerprint density at radius 2 is 1.82 bits per heavy atom. The fourth-order valence-corrected chi connectivity index (χ4v) is 4.98. The lowest BCUT2D eigenvalue weighted by atomic mass is 9.79. The van der Waals surface area contributed by atoms with Crippen molar-refractivity contribution in [3.63, 3.8) is 0 Å². The molecule has 1 saturated carbocycles. The molecule has 3 aromatic carbocycles. The van der Waals surface area contributed by atoms with Crippen molar-refractivity contribution in [1.82, 2.24) is 4.90 Å². The summed E-state index contributed by atoms with van der Waals surface area (Å²) in [4.78, 5) is 13.5. The summed E-state index contributed by atoms with van der Waals surface area (Å²) in [5.41, 5.74) is 6.35. The number of carboxylic acids is 1. The van der Waals surface area contributed by atoms with E-state index < -0.39 is 5.97 Å². The van der Waals surface area contributed by atoms with Crippen molar-refractivity contribution >= 4 is 5.97 Å². The van der Waals surface area contributed by atoms with E-state index in [0.29, 0.717) is 18.2 Å². The zero-order chi connectivity index (χ0) is 22.9. The van der Waals surface area contributed by atoms with Crippen LogP contribution in [0.4, 0.5) is 4.39 Å². The van der Waals surface area contributed by atoms with Crippen LogP contribution in [-0.2, 0) is 24.3 Å². The topological polar surface area (TPSA) is 49.8 Å². The Balaban J connectivity index is 1.16. The lowest BCUT2D eigenvalue weighted by molar-refractivity contribution is -0.147. The van der Waals surface area contributed by atoms with Crippen molar-refractivity contribution < 1.29 is 19.0 Å². The number of carboxylic acid groups (broad SMARTS) is 1. The molecule has 33 heavy (non-hydrogen) atoms. The third-order valence-corrected chi connectivity index (χ3v) is 7.02.